The van der Waals surface area contributed by atoms with E-state index < -0.39 is 0 Å². The molecule has 0 unspecified atom stereocenters. The SMILES string of the molecule is CCn1c2ccccc2c2cc(OC3CCCC3)ccc21. The molecule has 1 saturated carbocycles. The van der Waals surface area contributed by atoms with E-state index in [9.17, 15) is 0 Å². The highest BCUT2D eigenvalue weighted by molar-refractivity contribution is 6.08. The zero-order chi connectivity index (χ0) is 14.2. The fraction of sp³-hybridized carbons (Fsp3) is 0.368. The van der Waals surface area contributed by atoms with Crippen LogP contribution in [0.15, 0.2) is 42.5 Å². The third kappa shape index (κ3) is 2.10. The summed E-state index contributed by atoms with van der Waals surface area (Å²) in [7, 11) is 0. The maximum atomic E-state index is 6.17. The molecule has 1 fully saturated rings. The van der Waals surface area contributed by atoms with E-state index in [4.69, 9.17) is 4.74 Å². The van der Waals surface area contributed by atoms with Crippen LogP contribution in [0.3, 0.4) is 0 Å². The van der Waals surface area contributed by atoms with Gasteiger partial charge in [-0.25, -0.2) is 0 Å². The number of fused-ring (bicyclic) bond motifs is 3. The number of aryl methyl sites for hydroxylation is 1. The van der Waals surface area contributed by atoms with E-state index in [1.807, 2.05) is 0 Å². The van der Waals surface area contributed by atoms with Crippen molar-refractivity contribution >= 4 is 21.8 Å². The van der Waals surface area contributed by atoms with Crippen molar-refractivity contribution in [1.82, 2.24) is 4.57 Å². The largest absolute Gasteiger partial charge is 0.490 e. The van der Waals surface area contributed by atoms with Gasteiger partial charge in [-0.3, -0.25) is 0 Å². The van der Waals surface area contributed by atoms with Crippen molar-refractivity contribution in [2.45, 2.75) is 45.3 Å². The van der Waals surface area contributed by atoms with Crippen LogP contribution in [0.5, 0.6) is 5.75 Å². The van der Waals surface area contributed by atoms with Crippen LogP contribution in [0, 0.1) is 0 Å². The number of rotatable bonds is 3. The summed E-state index contributed by atoms with van der Waals surface area (Å²) >= 11 is 0. The Morgan fingerprint density at radius 2 is 1.76 bits per heavy atom. The van der Waals surface area contributed by atoms with Crippen LogP contribution >= 0.6 is 0 Å². The zero-order valence-corrected chi connectivity index (χ0v) is 12.5. The second kappa shape index (κ2) is 5.10. The van der Waals surface area contributed by atoms with Crippen molar-refractivity contribution in [3.05, 3.63) is 42.5 Å². The van der Waals surface area contributed by atoms with E-state index >= 15 is 0 Å². The van der Waals surface area contributed by atoms with Gasteiger partial charge in [0.15, 0.2) is 0 Å². The van der Waals surface area contributed by atoms with Crippen molar-refractivity contribution in [2.24, 2.45) is 0 Å². The second-order valence-electron chi connectivity index (χ2n) is 5.96. The van der Waals surface area contributed by atoms with Crippen molar-refractivity contribution in [3.8, 4) is 5.75 Å². The van der Waals surface area contributed by atoms with Crippen molar-refractivity contribution in [3.63, 3.8) is 0 Å². The summed E-state index contributed by atoms with van der Waals surface area (Å²) in [6.45, 7) is 3.20. The first-order valence-electron chi connectivity index (χ1n) is 8.04. The van der Waals surface area contributed by atoms with Gasteiger partial charge in [0.2, 0.25) is 0 Å². The molecule has 1 heterocycles. The van der Waals surface area contributed by atoms with E-state index in [-0.39, 0.29) is 0 Å². The molecule has 2 nitrogen and oxygen atoms in total. The lowest BCUT2D eigenvalue weighted by Crippen LogP contribution is -2.10. The molecular formula is C19H21NO. The standard InChI is InChI=1S/C19H21NO/c1-2-20-18-10-6-5-9-16(18)17-13-15(11-12-19(17)20)21-14-7-3-4-8-14/h5-6,9-14H,2-4,7-8H2,1H3. The molecule has 0 atom stereocenters. The molecule has 1 aliphatic rings. The summed E-state index contributed by atoms with van der Waals surface area (Å²) in [6.07, 6.45) is 5.44. The first kappa shape index (κ1) is 12.8. The summed E-state index contributed by atoms with van der Waals surface area (Å²) in [6, 6.07) is 15.2. The minimum Gasteiger partial charge on any atom is -0.490 e. The molecule has 1 aliphatic carbocycles. The van der Waals surface area contributed by atoms with Gasteiger partial charge in [0, 0.05) is 28.4 Å². The molecule has 0 bridgehead atoms. The Morgan fingerprint density at radius 1 is 1.00 bits per heavy atom. The van der Waals surface area contributed by atoms with E-state index in [2.05, 4.69) is 54.0 Å². The van der Waals surface area contributed by atoms with Crippen LogP contribution in [0.2, 0.25) is 0 Å². The Morgan fingerprint density at radius 3 is 2.57 bits per heavy atom. The second-order valence-corrected chi connectivity index (χ2v) is 5.96. The monoisotopic (exact) mass is 279 g/mol. The van der Waals surface area contributed by atoms with Crippen LogP contribution in [0.1, 0.15) is 32.6 Å². The summed E-state index contributed by atoms with van der Waals surface area (Å²) in [4.78, 5) is 0. The molecule has 108 valence electrons. The Kier molecular flexibility index (Phi) is 3.10. The van der Waals surface area contributed by atoms with Gasteiger partial charge in [0.05, 0.1) is 6.10 Å². The summed E-state index contributed by atoms with van der Waals surface area (Å²) in [5.41, 5.74) is 2.62. The Balaban J connectivity index is 1.84. The molecular weight excluding hydrogens is 258 g/mol. The molecule has 2 heteroatoms. The van der Waals surface area contributed by atoms with Gasteiger partial charge in [0.25, 0.3) is 0 Å². The van der Waals surface area contributed by atoms with E-state index in [0.717, 1.165) is 12.3 Å². The van der Waals surface area contributed by atoms with E-state index in [0.29, 0.717) is 6.10 Å². The lowest BCUT2D eigenvalue weighted by Gasteiger charge is -2.13. The number of hydrogen-bond donors (Lipinski definition) is 0. The van der Waals surface area contributed by atoms with Crippen LogP contribution in [-0.4, -0.2) is 10.7 Å². The zero-order valence-electron chi connectivity index (χ0n) is 12.5. The Hall–Kier alpha value is -1.96. The number of aromatic nitrogens is 1. The minimum absolute atomic E-state index is 0.418. The Bertz CT molecular complexity index is 781. The first-order chi connectivity index (χ1) is 10.4. The van der Waals surface area contributed by atoms with Gasteiger partial charge in [-0.2, -0.15) is 0 Å². The summed E-state index contributed by atoms with van der Waals surface area (Å²) < 4.78 is 8.54. The highest BCUT2D eigenvalue weighted by Crippen LogP contribution is 2.33. The average Bonchev–Trinajstić information content (AvgIpc) is 3.13. The number of ether oxygens (including phenoxy) is 1. The van der Waals surface area contributed by atoms with Crippen molar-refractivity contribution in [1.29, 1.82) is 0 Å². The number of benzene rings is 2. The highest BCUT2D eigenvalue weighted by atomic mass is 16.5. The fourth-order valence-corrected chi connectivity index (χ4v) is 3.65. The van der Waals surface area contributed by atoms with Crippen molar-refractivity contribution < 1.29 is 4.74 Å². The average molecular weight is 279 g/mol. The predicted molar refractivity (Wildman–Crippen MR) is 88.0 cm³/mol. The molecule has 21 heavy (non-hydrogen) atoms. The van der Waals surface area contributed by atoms with Gasteiger partial charge in [-0.05, 0) is 56.9 Å². The van der Waals surface area contributed by atoms with Crippen LogP contribution in [-0.2, 0) is 6.54 Å². The predicted octanol–water partition coefficient (Wildman–Crippen LogP) is 5.14. The number of para-hydroxylation sites is 1. The number of nitrogens with zero attached hydrogens (tertiary/aromatic N) is 1. The molecule has 1 aromatic heterocycles. The Labute approximate surface area is 125 Å². The molecule has 0 radical (unpaired) electrons. The van der Waals surface area contributed by atoms with Crippen molar-refractivity contribution in [2.75, 3.05) is 0 Å². The molecule has 2 aromatic carbocycles. The summed E-state index contributed by atoms with van der Waals surface area (Å²) in [5.74, 6) is 1.02. The van der Waals surface area contributed by atoms with Crippen LogP contribution < -0.4 is 4.74 Å². The molecule has 0 spiro atoms. The number of hydrogen-bond acceptors (Lipinski definition) is 1. The molecule has 4 rings (SSSR count). The quantitative estimate of drug-likeness (QED) is 0.648. The van der Waals surface area contributed by atoms with Gasteiger partial charge < -0.3 is 9.30 Å². The first-order valence-corrected chi connectivity index (χ1v) is 8.04. The van der Waals surface area contributed by atoms with Gasteiger partial charge in [0.1, 0.15) is 5.75 Å². The maximum Gasteiger partial charge on any atom is 0.120 e. The van der Waals surface area contributed by atoms with Crippen LogP contribution in [0.25, 0.3) is 21.8 Å². The normalized spacial score (nSPS) is 16.0. The third-order valence-electron chi connectivity index (χ3n) is 4.67. The highest BCUT2D eigenvalue weighted by Gasteiger charge is 2.17. The smallest absolute Gasteiger partial charge is 0.120 e. The topological polar surface area (TPSA) is 14.2 Å². The van der Waals surface area contributed by atoms with Gasteiger partial charge in [-0.15, -0.1) is 0 Å². The van der Waals surface area contributed by atoms with E-state index in [1.54, 1.807) is 0 Å². The van der Waals surface area contributed by atoms with E-state index in [1.165, 1.54) is 47.5 Å². The maximum absolute atomic E-state index is 6.17. The minimum atomic E-state index is 0.418. The lowest BCUT2D eigenvalue weighted by atomic mass is 10.1. The molecule has 0 N–H and O–H groups in total. The summed E-state index contributed by atoms with van der Waals surface area (Å²) in [5, 5.41) is 2.63. The van der Waals surface area contributed by atoms with Gasteiger partial charge in [-0.1, -0.05) is 18.2 Å². The van der Waals surface area contributed by atoms with Crippen LogP contribution in [0.4, 0.5) is 0 Å². The molecule has 0 aliphatic heterocycles. The lowest BCUT2D eigenvalue weighted by molar-refractivity contribution is 0.210. The third-order valence-corrected chi connectivity index (χ3v) is 4.67. The van der Waals surface area contributed by atoms with Gasteiger partial charge >= 0.3 is 0 Å². The molecule has 3 aromatic rings. The molecule has 0 saturated heterocycles. The molecule has 0 amide bonds. The fourth-order valence-electron chi connectivity index (χ4n) is 3.65.